The van der Waals surface area contributed by atoms with Gasteiger partial charge in [-0.25, -0.2) is 9.18 Å². The second kappa shape index (κ2) is 8.26. The predicted octanol–water partition coefficient (Wildman–Crippen LogP) is 2.44. The maximum Gasteiger partial charge on any atom is 0.321 e. The van der Waals surface area contributed by atoms with Crippen LogP contribution in [0.25, 0.3) is 0 Å². The molecule has 2 N–H and O–H groups in total. The van der Waals surface area contributed by atoms with Crippen molar-refractivity contribution < 1.29 is 14.3 Å². The molecule has 0 spiro atoms. The summed E-state index contributed by atoms with van der Waals surface area (Å²) < 4.78 is 13.5. The van der Waals surface area contributed by atoms with Crippen LogP contribution in [0.15, 0.2) is 18.2 Å². The van der Waals surface area contributed by atoms with E-state index in [0.29, 0.717) is 30.4 Å². The first-order chi connectivity index (χ1) is 11.0. The number of hydrogen-bond donors (Lipinski definition) is 2. The van der Waals surface area contributed by atoms with Gasteiger partial charge in [-0.15, -0.1) is 0 Å². The number of nitrogens with zero attached hydrogens (tertiary/aromatic N) is 2. The zero-order valence-electron chi connectivity index (χ0n) is 13.9. The van der Waals surface area contributed by atoms with Crippen LogP contribution in [0.4, 0.5) is 14.9 Å². The molecule has 0 radical (unpaired) electrons. The molecule has 1 aromatic rings. The lowest BCUT2D eigenvalue weighted by molar-refractivity contribution is 0.134. The van der Waals surface area contributed by atoms with E-state index < -0.39 is 0 Å². The number of likely N-dealkylation sites (tertiary alicyclic amines) is 1. The summed E-state index contributed by atoms with van der Waals surface area (Å²) in [5.41, 5.74) is 1.05. The van der Waals surface area contributed by atoms with Gasteiger partial charge in [-0.1, -0.05) is 6.07 Å². The number of nitrogens with one attached hydrogen (secondary N) is 1. The van der Waals surface area contributed by atoms with E-state index in [-0.39, 0.29) is 18.5 Å². The van der Waals surface area contributed by atoms with Crippen LogP contribution < -0.4 is 5.32 Å². The normalized spacial score (nSPS) is 16.0. The molecule has 6 heteroatoms. The molecule has 1 aliphatic rings. The average molecular weight is 323 g/mol. The number of carbonyl (C=O) groups excluding carboxylic acids is 1. The maximum atomic E-state index is 13.5. The fourth-order valence-electron chi connectivity index (χ4n) is 2.89. The molecule has 0 saturated carbocycles. The van der Waals surface area contributed by atoms with E-state index in [1.165, 1.54) is 6.07 Å². The molecular weight excluding hydrogens is 297 g/mol. The van der Waals surface area contributed by atoms with Gasteiger partial charge < -0.3 is 20.2 Å². The summed E-state index contributed by atoms with van der Waals surface area (Å²) in [6, 6.07) is 4.99. The number of urea groups is 1. The van der Waals surface area contributed by atoms with Gasteiger partial charge in [0.25, 0.3) is 0 Å². The Morgan fingerprint density at radius 3 is 2.74 bits per heavy atom. The Balaban J connectivity index is 1.82. The summed E-state index contributed by atoms with van der Waals surface area (Å²) in [6.45, 7) is 4.15. The number of aliphatic hydroxyl groups is 1. The van der Waals surface area contributed by atoms with Gasteiger partial charge in [0, 0.05) is 38.0 Å². The van der Waals surface area contributed by atoms with Crippen LogP contribution in [-0.4, -0.2) is 60.3 Å². The number of halogens is 1. The average Bonchev–Trinajstić information content (AvgIpc) is 2.56. The Labute approximate surface area is 137 Å². The number of aryl methyl sites for hydroxylation is 1. The van der Waals surface area contributed by atoms with Gasteiger partial charge >= 0.3 is 6.03 Å². The van der Waals surface area contributed by atoms with Crippen LogP contribution in [0.5, 0.6) is 0 Å². The van der Waals surface area contributed by atoms with E-state index in [1.807, 2.05) is 0 Å². The minimum Gasteiger partial charge on any atom is -0.396 e. The molecule has 1 saturated heterocycles. The number of piperidine rings is 1. The maximum absolute atomic E-state index is 13.5. The molecule has 5 nitrogen and oxygen atoms in total. The topological polar surface area (TPSA) is 55.8 Å². The van der Waals surface area contributed by atoms with Crippen molar-refractivity contribution in [3.05, 3.63) is 29.6 Å². The third kappa shape index (κ3) is 4.91. The Kier molecular flexibility index (Phi) is 6.36. The fourth-order valence-corrected chi connectivity index (χ4v) is 2.89. The molecule has 0 bridgehead atoms. The van der Waals surface area contributed by atoms with E-state index >= 15 is 0 Å². The predicted molar refractivity (Wildman–Crippen MR) is 89.1 cm³/mol. The highest BCUT2D eigenvalue weighted by atomic mass is 19.1. The standard InChI is InChI=1S/C17H26FN3O2/c1-13-4-5-14(12-16(13)18)19-17(23)21-9-6-15(7-10-21)20(2)8-3-11-22/h4-5,12,15,22H,3,6-11H2,1-2H3,(H,19,23). The lowest BCUT2D eigenvalue weighted by Gasteiger charge is -2.36. The lowest BCUT2D eigenvalue weighted by atomic mass is 10.0. The van der Waals surface area contributed by atoms with E-state index in [1.54, 1.807) is 24.0 Å². The van der Waals surface area contributed by atoms with Gasteiger partial charge in [-0.3, -0.25) is 0 Å². The van der Waals surface area contributed by atoms with E-state index in [4.69, 9.17) is 5.11 Å². The van der Waals surface area contributed by atoms with Crippen molar-refractivity contribution in [1.82, 2.24) is 9.80 Å². The highest BCUT2D eigenvalue weighted by molar-refractivity contribution is 5.89. The van der Waals surface area contributed by atoms with E-state index in [9.17, 15) is 9.18 Å². The molecular formula is C17H26FN3O2. The first-order valence-electron chi connectivity index (χ1n) is 8.14. The summed E-state index contributed by atoms with van der Waals surface area (Å²) in [4.78, 5) is 16.3. The van der Waals surface area contributed by atoms with Gasteiger partial charge in [0.2, 0.25) is 0 Å². The summed E-state index contributed by atoms with van der Waals surface area (Å²) in [6.07, 6.45) is 2.60. The van der Waals surface area contributed by atoms with Gasteiger partial charge in [0.1, 0.15) is 5.82 Å². The van der Waals surface area contributed by atoms with Crippen molar-refractivity contribution in [2.45, 2.75) is 32.2 Å². The number of hydrogen-bond acceptors (Lipinski definition) is 3. The molecule has 0 unspecified atom stereocenters. The first kappa shape index (κ1) is 17.7. The molecule has 2 rings (SSSR count). The molecule has 128 valence electrons. The van der Waals surface area contributed by atoms with Gasteiger partial charge in [0.15, 0.2) is 0 Å². The molecule has 0 atom stereocenters. The summed E-state index contributed by atoms with van der Waals surface area (Å²) in [5.74, 6) is -0.313. The zero-order valence-corrected chi connectivity index (χ0v) is 13.9. The molecule has 1 fully saturated rings. The monoisotopic (exact) mass is 323 g/mol. The number of benzene rings is 1. The van der Waals surface area contributed by atoms with Crippen molar-refractivity contribution in [1.29, 1.82) is 0 Å². The van der Waals surface area contributed by atoms with Crippen LogP contribution in [0, 0.1) is 12.7 Å². The van der Waals surface area contributed by atoms with Crippen LogP contribution in [0.3, 0.4) is 0 Å². The minimum atomic E-state index is -0.313. The van der Waals surface area contributed by atoms with Gasteiger partial charge in [0.05, 0.1) is 0 Å². The van der Waals surface area contributed by atoms with Gasteiger partial charge in [-0.05, 0) is 50.9 Å². The molecule has 2 amide bonds. The number of aliphatic hydroxyl groups excluding tert-OH is 1. The number of carbonyl (C=O) groups is 1. The Hall–Kier alpha value is -1.66. The van der Waals surface area contributed by atoms with Gasteiger partial charge in [-0.2, -0.15) is 0 Å². The third-order valence-corrected chi connectivity index (χ3v) is 4.47. The highest BCUT2D eigenvalue weighted by Crippen LogP contribution is 2.18. The summed E-state index contributed by atoms with van der Waals surface area (Å²) in [7, 11) is 2.06. The lowest BCUT2D eigenvalue weighted by Crippen LogP contribution is -2.47. The van der Waals surface area contributed by atoms with Crippen LogP contribution in [-0.2, 0) is 0 Å². The Morgan fingerprint density at radius 1 is 1.43 bits per heavy atom. The Bertz CT molecular complexity index is 531. The highest BCUT2D eigenvalue weighted by Gasteiger charge is 2.25. The van der Waals surface area contributed by atoms with E-state index in [2.05, 4.69) is 17.3 Å². The fraction of sp³-hybridized carbons (Fsp3) is 0.588. The molecule has 0 aromatic heterocycles. The minimum absolute atomic E-state index is 0.176. The second-order valence-corrected chi connectivity index (χ2v) is 6.17. The van der Waals surface area contributed by atoms with Crippen molar-refractivity contribution in [3.63, 3.8) is 0 Å². The number of rotatable bonds is 5. The largest absolute Gasteiger partial charge is 0.396 e. The SMILES string of the molecule is Cc1ccc(NC(=O)N2CCC(N(C)CCCO)CC2)cc1F. The van der Waals surface area contributed by atoms with Crippen LogP contribution >= 0.6 is 0 Å². The molecule has 1 heterocycles. The summed E-state index contributed by atoms with van der Waals surface area (Å²) >= 11 is 0. The molecule has 0 aliphatic carbocycles. The third-order valence-electron chi connectivity index (χ3n) is 4.47. The second-order valence-electron chi connectivity index (χ2n) is 6.17. The number of anilines is 1. The molecule has 23 heavy (non-hydrogen) atoms. The quantitative estimate of drug-likeness (QED) is 0.875. The zero-order chi connectivity index (χ0) is 16.8. The van der Waals surface area contributed by atoms with Crippen LogP contribution in [0.1, 0.15) is 24.8 Å². The smallest absolute Gasteiger partial charge is 0.321 e. The molecule has 1 aromatic carbocycles. The first-order valence-corrected chi connectivity index (χ1v) is 8.14. The van der Waals surface area contributed by atoms with E-state index in [0.717, 1.165) is 25.8 Å². The van der Waals surface area contributed by atoms with Crippen molar-refractivity contribution in [2.24, 2.45) is 0 Å². The summed E-state index contributed by atoms with van der Waals surface area (Å²) in [5, 5.41) is 11.6. The number of amides is 2. The van der Waals surface area contributed by atoms with Crippen molar-refractivity contribution >= 4 is 11.7 Å². The van der Waals surface area contributed by atoms with Crippen LogP contribution in [0.2, 0.25) is 0 Å². The van der Waals surface area contributed by atoms with Crippen molar-refractivity contribution in [2.75, 3.05) is 38.6 Å². The Morgan fingerprint density at radius 2 is 2.13 bits per heavy atom. The molecule has 1 aliphatic heterocycles. The van der Waals surface area contributed by atoms with Crippen molar-refractivity contribution in [3.8, 4) is 0 Å².